The van der Waals surface area contributed by atoms with Crippen LogP contribution in [0.25, 0.3) is 10.9 Å². The normalized spacial score (nSPS) is 10.6. The Hall–Kier alpha value is -3.88. The van der Waals surface area contributed by atoms with Crippen LogP contribution in [0.5, 0.6) is 0 Å². The molecule has 0 unspecified atom stereocenters. The van der Waals surface area contributed by atoms with E-state index in [1.807, 2.05) is 31.2 Å². The van der Waals surface area contributed by atoms with Gasteiger partial charge in [0.15, 0.2) is 18.2 Å². The van der Waals surface area contributed by atoms with Crippen molar-refractivity contribution in [1.29, 1.82) is 0 Å². The smallest absolute Gasteiger partial charge is 0.340 e. The van der Waals surface area contributed by atoms with Gasteiger partial charge in [-0.05, 0) is 37.1 Å². The van der Waals surface area contributed by atoms with E-state index in [9.17, 15) is 23.2 Å². The van der Waals surface area contributed by atoms with E-state index >= 15 is 0 Å². The van der Waals surface area contributed by atoms with Crippen LogP contribution in [0.1, 0.15) is 28.5 Å². The number of rotatable bonds is 7. The van der Waals surface area contributed by atoms with Crippen molar-refractivity contribution in [3.8, 4) is 0 Å². The number of aryl methyl sites for hydroxylation is 2. The van der Waals surface area contributed by atoms with Gasteiger partial charge in [0.05, 0.1) is 23.3 Å². The second-order valence-corrected chi connectivity index (χ2v) is 6.96. The molecule has 2 N–H and O–H groups in total. The summed E-state index contributed by atoms with van der Waals surface area (Å²) in [5, 5.41) is 5.43. The van der Waals surface area contributed by atoms with Crippen molar-refractivity contribution in [2.45, 2.75) is 20.3 Å². The minimum atomic E-state index is -1.11. The van der Waals surface area contributed by atoms with Gasteiger partial charge < -0.3 is 15.4 Å². The first-order valence-corrected chi connectivity index (χ1v) is 9.87. The van der Waals surface area contributed by atoms with E-state index in [1.54, 1.807) is 6.92 Å². The van der Waals surface area contributed by atoms with Crippen molar-refractivity contribution in [2.24, 2.45) is 0 Å². The Balaban J connectivity index is 1.57. The molecule has 32 heavy (non-hydrogen) atoms. The topological polar surface area (TPSA) is 97.4 Å². The van der Waals surface area contributed by atoms with E-state index < -0.39 is 42.6 Å². The van der Waals surface area contributed by atoms with E-state index in [4.69, 9.17) is 4.74 Å². The molecular weight excluding hydrogens is 420 g/mol. The molecule has 1 aromatic heterocycles. The summed E-state index contributed by atoms with van der Waals surface area (Å²) in [7, 11) is 0. The van der Waals surface area contributed by atoms with Crippen LogP contribution in [0.3, 0.4) is 0 Å². The largest absolute Gasteiger partial charge is 0.452 e. The van der Waals surface area contributed by atoms with Crippen molar-refractivity contribution in [2.75, 3.05) is 18.5 Å². The van der Waals surface area contributed by atoms with Gasteiger partial charge in [-0.3, -0.25) is 14.6 Å². The zero-order chi connectivity index (χ0) is 23.3. The van der Waals surface area contributed by atoms with Gasteiger partial charge in [-0.1, -0.05) is 25.1 Å². The van der Waals surface area contributed by atoms with Gasteiger partial charge in [-0.2, -0.15) is 0 Å². The second kappa shape index (κ2) is 9.95. The molecule has 0 saturated heterocycles. The van der Waals surface area contributed by atoms with E-state index in [2.05, 4.69) is 15.6 Å². The third-order valence-corrected chi connectivity index (χ3v) is 4.75. The number of carbonyl (C=O) groups excluding carboxylic acids is 3. The molecule has 7 nitrogen and oxygen atoms in total. The van der Waals surface area contributed by atoms with E-state index in [0.29, 0.717) is 23.2 Å². The van der Waals surface area contributed by atoms with Gasteiger partial charge in [-0.15, -0.1) is 0 Å². The summed E-state index contributed by atoms with van der Waals surface area (Å²) in [6.07, 6.45) is 0.506. The molecule has 3 rings (SSSR count). The first-order chi connectivity index (χ1) is 15.3. The van der Waals surface area contributed by atoms with Crippen molar-refractivity contribution in [1.82, 2.24) is 10.3 Å². The maximum Gasteiger partial charge on any atom is 0.340 e. The fourth-order valence-electron chi connectivity index (χ4n) is 3.18. The number of nitrogens with one attached hydrogen (secondary N) is 2. The third-order valence-electron chi connectivity index (χ3n) is 4.75. The van der Waals surface area contributed by atoms with Crippen LogP contribution >= 0.6 is 0 Å². The Morgan fingerprint density at radius 1 is 1.03 bits per heavy atom. The summed E-state index contributed by atoms with van der Waals surface area (Å²) in [5.41, 5.74) is 2.40. The highest BCUT2D eigenvalue weighted by Gasteiger charge is 2.20. The van der Waals surface area contributed by atoms with Crippen LogP contribution in [-0.4, -0.2) is 35.9 Å². The SMILES string of the molecule is CCc1nc2ccccc2c(C)c1C(=O)OCC(=O)NCC(=O)Nc1ccc(F)c(F)c1. The fraction of sp³-hybridized carbons (Fsp3) is 0.217. The number of anilines is 1. The zero-order valence-electron chi connectivity index (χ0n) is 17.5. The highest BCUT2D eigenvalue weighted by molar-refractivity contribution is 5.99. The van der Waals surface area contributed by atoms with Crippen LogP contribution < -0.4 is 10.6 Å². The summed E-state index contributed by atoms with van der Waals surface area (Å²) in [6, 6.07) is 10.3. The number of aromatic nitrogens is 1. The molecule has 2 amide bonds. The summed E-state index contributed by atoms with van der Waals surface area (Å²) in [4.78, 5) is 41.0. The predicted molar refractivity (Wildman–Crippen MR) is 114 cm³/mol. The number of amides is 2. The van der Waals surface area contributed by atoms with E-state index in [0.717, 1.165) is 23.0 Å². The molecule has 0 fully saturated rings. The van der Waals surface area contributed by atoms with Gasteiger partial charge in [-0.25, -0.2) is 13.6 Å². The van der Waals surface area contributed by atoms with Crippen LogP contribution in [0.2, 0.25) is 0 Å². The number of benzene rings is 2. The van der Waals surface area contributed by atoms with Crippen LogP contribution in [0.15, 0.2) is 42.5 Å². The van der Waals surface area contributed by atoms with Crippen LogP contribution in [0.4, 0.5) is 14.5 Å². The van der Waals surface area contributed by atoms with Gasteiger partial charge in [0, 0.05) is 17.1 Å². The molecular formula is C23H21F2N3O4. The van der Waals surface area contributed by atoms with Crippen molar-refractivity contribution < 1.29 is 27.9 Å². The second-order valence-electron chi connectivity index (χ2n) is 6.96. The fourth-order valence-corrected chi connectivity index (χ4v) is 3.18. The summed E-state index contributed by atoms with van der Waals surface area (Å²) >= 11 is 0. The van der Waals surface area contributed by atoms with Crippen LogP contribution in [-0.2, 0) is 20.7 Å². The Morgan fingerprint density at radius 2 is 1.78 bits per heavy atom. The highest BCUT2D eigenvalue weighted by Crippen LogP contribution is 2.24. The molecule has 3 aromatic rings. The number of hydrogen-bond acceptors (Lipinski definition) is 5. The molecule has 0 radical (unpaired) electrons. The lowest BCUT2D eigenvalue weighted by Gasteiger charge is -2.13. The van der Waals surface area contributed by atoms with E-state index in [-0.39, 0.29) is 5.69 Å². The van der Waals surface area contributed by atoms with E-state index in [1.165, 1.54) is 6.07 Å². The lowest BCUT2D eigenvalue weighted by molar-refractivity contribution is -0.126. The molecule has 1 heterocycles. The summed E-state index contributed by atoms with van der Waals surface area (Å²) in [6.45, 7) is 2.63. The quantitative estimate of drug-likeness (QED) is 0.549. The number of hydrogen-bond donors (Lipinski definition) is 2. The average Bonchev–Trinajstić information content (AvgIpc) is 2.78. The Kier molecular flexibility index (Phi) is 7.09. The lowest BCUT2D eigenvalue weighted by atomic mass is 10.0. The number of fused-ring (bicyclic) bond motifs is 1. The monoisotopic (exact) mass is 441 g/mol. The number of carbonyl (C=O) groups is 3. The van der Waals surface area contributed by atoms with Crippen molar-refractivity contribution >= 4 is 34.4 Å². The number of halogens is 2. The van der Waals surface area contributed by atoms with Gasteiger partial charge in [0.1, 0.15) is 0 Å². The Labute approximate surface area is 182 Å². The summed E-state index contributed by atoms with van der Waals surface area (Å²) in [5.74, 6) is -4.18. The molecule has 0 aliphatic heterocycles. The number of esters is 1. The molecule has 0 bridgehead atoms. The third kappa shape index (κ3) is 5.23. The molecule has 0 aliphatic rings. The first-order valence-electron chi connectivity index (χ1n) is 9.87. The molecule has 0 atom stereocenters. The molecule has 2 aromatic carbocycles. The number of para-hydroxylation sites is 1. The highest BCUT2D eigenvalue weighted by atomic mass is 19.2. The minimum Gasteiger partial charge on any atom is -0.452 e. The molecule has 0 aliphatic carbocycles. The molecule has 9 heteroatoms. The van der Waals surface area contributed by atoms with Crippen molar-refractivity contribution in [3.05, 3.63) is 70.9 Å². The standard InChI is InChI=1S/C23H21F2N3O4/c1-3-18-22(13(2)15-6-4-5-7-19(15)28-18)23(31)32-12-21(30)26-11-20(29)27-14-8-9-16(24)17(25)10-14/h4-10H,3,11-12H2,1-2H3,(H,26,30)(H,27,29). The number of pyridine rings is 1. The number of ether oxygens (including phenoxy) is 1. The summed E-state index contributed by atoms with van der Waals surface area (Å²) < 4.78 is 31.2. The van der Waals surface area contributed by atoms with Gasteiger partial charge in [0.25, 0.3) is 5.91 Å². The maximum atomic E-state index is 13.2. The Bertz CT molecular complexity index is 1200. The molecule has 166 valence electrons. The Morgan fingerprint density at radius 3 is 2.50 bits per heavy atom. The molecule has 0 spiro atoms. The first kappa shape index (κ1) is 22.8. The number of nitrogens with zero attached hydrogens (tertiary/aromatic N) is 1. The minimum absolute atomic E-state index is 0.0425. The van der Waals surface area contributed by atoms with Crippen LogP contribution in [0, 0.1) is 18.6 Å². The molecule has 0 saturated carbocycles. The lowest BCUT2D eigenvalue weighted by Crippen LogP contribution is -2.35. The van der Waals surface area contributed by atoms with Gasteiger partial charge in [0.2, 0.25) is 5.91 Å². The maximum absolute atomic E-state index is 13.2. The zero-order valence-corrected chi connectivity index (χ0v) is 17.5. The van der Waals surface area contributed by atoms with Gasteiger partial charge >= 0.3 is 5.97 Å². The van der Waals surface area contributed by atoms with Crippen molar-refractivity contribution in [3.63, 3.8) is 0 Å². The average molecular weight is 441 g/mol. The predicted octanol–water partition coefficient (Wildman–Crippen LogP) is 3.30.